The highest BCUT2D eigenvalue weighted by molar-refractivity contribution is 6.32. The molecule has 1 aromatic carbocycles. The number of rotatable bonds is 5. The van der Waals surface area contributed by atoms with E-state index in [0.717, 1.165) is 31.5 Å². The second-order valence-corrected chi connectivity index (χ2v) is 5.90. The monoisotopic (exact) mass is 310 g/mol. The first-order valence-corrected chi connectivity index (χ1v) is 7.83. The van der Waals surface area contributed by atoms with E-state index in [1.165, 1.54) is 0 Å². The van der Waals surface area contributed by atoms with Crippen LogP contribution in [-0.4, -0.2) is 37.0 Å². The van der Waals surface area contributed by atoms with Crippen LogP contribution in [0.2, 0.25) is 5.02 Å². The topological polar surface area (TPSA) is 41.6 Å². The minimum Gasteiger partial charge on any atom is -0.479 e. The molecule has 1 amide bonds. The maximum absolute atomic E-state index is 12.2. The van der Waals surface area contributed by atoms with Gasteiger partial charge in [0.05, 0.1) is 5.02 Å². The van der Waals surface area contributed by atoms with E-state index < -0.39 is 6.10 Å². The number of hydrogen-bond acceptors (Lipinski definition) is 3. The zero-order chi connectivity index (χ0) is 15.4. The predicted octanol–water partition coefficient (Wildman–Crippen LogP) is 3.01. The fourth-order valence-electron chi connectivity index (χ4n) is 2.48. The van der Waals surface area contributed by atoms with Crippen molar-refractivity contribution in [2.45, 2.75) is 38.8 Å². The van der Waals surface area contributed by atoms with Crippen LogP contribution in [0.1, 0.15) is 38.3 Å². The van der Waals surface area contributed by atoms with Crippen LogP contribution < -0.4 is 10.1 Å². The summed E-state index contributed by atoms with van der Waals surface area (Å²) in [4.78, 5) is 14.1. The van der Waals surface area contributed by atoms with Crippen molar-refractivity contribution in [2.75, 3.05) is 20.1 Å². The minimum atomic E-state index is -0.506. The molecule has 4 nitrogen and oxygen atoms in total. The third-order valence-electron chi connectivity index (χ3n) is 3.96. The fraction of sp³-hybridized carbons (Fsp3) is 0.562. The van der Waals surface area contributed by atoms with Crippen molar-refractivity contribution in [3.63, 3.8) is 0 Å². The largest absolute Gasteiger partial charge is 0.479 e. The van der Waals surface area contributed by atoms with Gasteiger partial charge in [0.1, 0.15) is 5.75 Å². The van der Waals surface area contributed by atoms with Crippen LogP contribution in [-0.2, 0) is 4.79 Å². The van der Waals surface area contributed by atoms with Gasteiger partial charge in [-0.1, -0.05) is 17.7 Å². The molecule has 0 spiro atoms. The molecule has 1 aliphatic heterocycles. The van der Waals surface area contributed by atoms with Crippen molar-refractivity contribution in [3.05, 3.63) is 28.8 Å². The van der Waals surface area contributed by atoms with Crippen LogP contribution >= 0.6 is 11.6 Å². The lowest BCUT2D eigenvalue weighted by atomic mass is 10.1. The Morgan fingerprint density at radius 1 is 1.33 bits per heavy atom. The number of likely N-dealkylation sites (tertiary alicyclic amines) is 1. The van der Waals surface area contributed by atoms with E-state index in [9.17, 15) is 4.79 Å². The van der Waals surface area contributed by atoms with Gasteiger partial charge in [0.2, 0.25) is 0 Å². The van der Waals surface area contributed by atoms with Crippen molar-refractivity contribution < 1.29 is 9.53 Å². The fourth-order valence-corrected chi connectivity index (χ4v) is 2.72. The summed E-state index contributed by atoms with van der Waals surface area (Å²) in [5.74, 6) is 0.597. The van der Waals surface area contributed by atoms with Gasteiger partial charge >= 0.3 is 0 Å². The molecule has 116 valence electrons. The van der Waals surface area contributed by atoms with Gasteiger partial charge in [0.25, 0.3) is 5.91 Å². The molecule has 1 aliphatic rings. The Morgan fingerprint density at radius 3 is 2.57 bits per heavy atom. The molecule has 0 bridgehead atoms. The number of hydrogen-bond donors (Lipinski definition) is 1. The molecule has 0 radical (unpaired) electrons. The van der Waals surface area contributed by atoms with Crippen LogP contribution in [0.15, 0.2) is 18.2 Å². The second kappa shape index (κ2) is 7.14. The molecule has 1 aromatic rings. The SMILES string of the molecule is CNC(C)c1ccc(OC(C)C(=O)N2CCCC2)c(Cl)c1. The number of carbonyl (C=O) groups excluding carboxylic acids is 1. The highest BCUT2D eigenvalue weighted by atomic mass is 35.5. The molecule has 0 aromatic heterocycles. The van der Waals surface area contributed by atoms with E-state index in [1.807, 2.05) is 30.1 Å². The quantitative estimate of drug-likeness (QED) is 0.909. The highest BCUT2D eigenvalue weighted by Crippen LogP contribution is 2.29. The van der Waals surface area contributed by atoms with Gasteiger partial charge in [-0.25, -0.2) is 0 Å². The summed E-state index contributed by atoms with van der Waals surface area (Å²) in [6, 6.07) is 5.90. The Labute approximate surface area is 131 Å². The van der Waals surface area contributed by atoms with Crippen LogP contribution in [0.3, 0.4) is 0 Å². The average Bonchev–Trinajstić information content (AvgIpc) is 3.01. The maximum atomic E-state index is 12.2. The maximum Gasteiger partial charge on any atom is 0.263 e. The van der Waals surface area contributed by atoms with E-state index in [-0.39, 0.29) is 11.9 Å². The summed E-state index contributed by atoms with van der Waals surface area (Å²) in [5, 5.41) is 3.70. The van der Waals surface area contributed by atoms with Crippen molar-refractivity contribution >= 4 is 17.5 Å². The van der Waals surface area contributed by atoms with E-state index in [0.29, 0.717) is 10.8 Å². The average molecular weight is 311 g/mol. The van der Waals surface area contributed by atoms with Crippen LogP contribution in [0.25, 0.3) is 0 Å². The molecule has 1 saturated heterocycles. The van der Waals surface area contributed by atoms with Gasteiger partial charge < -0.3 is 15.0 Å². The molecule has 0 saturated carbocycles. The summed E-state index contributed by atoms with van der Waals surface area (Å²) >= 11 is 6.26. The zero-order valence-corrected chi connectivity index (χ0v) is 13.6. The Balaban J connectivity index is 2.03. The summed E-state index contributed by atoms with van der Waals surface area (Å²) in [7, 11) is 1.90. The number of nitrogens with zero attached hydrogens (tertiary/aromatic N) is 1. The minimum absolute atomic E-state index is 0.0382. The lowest BCUT2D eigenvalue weighted by Gasteiger charge is -2.22. The molecule has 0 aliphatic carbocycles. The number of halogens is 1. The Morgan fingerprint density at radius 2 is 2.00 bits per heavy atom. The van der Waals surface area contributed by atoms with Gasteiger partial charge in [-0.05, 0) is 51.4 Å². The predicted molar refractivity (Wildman–Crippen MR) is 84.8 cm³/mol. The first-order valence-electron chi connectivity index (χ1n) is 7.45. The standard InChI is InChI=1S/C16H23ClN2O2/c1-11(18-3)13-6-7-15(14(17)10-13)21-12(2)16(20)19-8-4-5-9-19/h6-7,10-12,18H,4-5,8-9H2,1-3H3. The smallest absolute Gasteiger partial charge is 0.263 e. The Hall–Kier alpha value is -1.26. The molecule has 1 N–H and O–H groups in total. The number of benzene rings is 1. The first kappa shape index (κ1) is 16.1. The second-order valence-electron chi connectivity index (χ2n) is 5.49. The lowest BCUT2D eigenvalue weighted by molar-refractivity contribution is -0.136. The van der Waals surface area contributed by atoms with Crippen molar-refractivity contribution in [2.24, 2.45) is 0 Å². The number of nitrogens with one attached hydrogen (secondary N) is 1. The van der Waals surface area contributed by atoms with Crippen molar-refractivity contribution in [3.8, 4) is 5.75 Å². The Bertz CT molecular complexity index is 501. The lowest BCUT2D eigenvalue weighted by Crippen LogP contribution is -2.38. The van der Waals surface area contributed by atoms with Crippen molar-refractivity contribution in [1.29, 1.82) is 0 Å². The van der Waals surface area contributed by atoms with Gasteiger partial charge in [-0.3, -0.25) is 4.79 Å². The van der Waals surface area contributed by atoms with E-state index in [4.69, 9.17) is 16.3 Å². The summed E-state index contributed by atoms with van der Waals surface area (Å²) < 4.78 is 5.74. The first-order chi connectivity index (χ1) is 10.0. The van der Waals surface area contributed by atoms with Gasteiger partial charge in [0.15, 0.2) is 6.10 Å². The van der Waals surface area contributed by atoms with E-state index in [1.54, 1.807) is 6.92 Å². The number of carbonyl (C=O) groups is 1. The molecule has 1 fully saturated rings. The summed E-state index contributed by atoms with van der Waals surface area (Å²) in [6.45, 7) is 5.50. The van der Waals surface area contributed by atoms with E-state index >= 15 is 0 Å². The normalized spacial score (nSPS) is 17.6. The van der Waals surface area contributed by atoms with Gasteiger partial charge in [0, 0.05) is 19.1 Å². The molecular formula is C16H23ClN2O2. The summed E-state index contributed by atoms with van der Waals surface area (Å²) in [6.07, 6.45) is 1.65. The molecule has 2 atom stereocenters. The Kier molecular flexibility index (Phi) is 5.48. The zero-order valence-electron chi connectivity index (χ0n) is 12.9. The third kappa shape index (κ3) is 3.89. The van der Waals surface area contributed by atoms with Gasteiger partial charge in [-0.15, -0.1) is 0 Å². The number of ether oxygens (including phenoxy) is 1. The van der Waals surface area contributed by atoms with E-state index in [2.05, 4.69) is 12.2 Å². The molecule has 2 unspecified atom stereocenters. The molecular weight excluding hydrogens is 288 g/mol. The summed E-state index contributed by atoms with van der Waals surface area (Å²) in [5.41, 5.74) is 1.09. The molecule has 5 heteroatoms. The molecule has 21 heavy (non-hydrogen) atoms. The van der Waals surface area contributed by atoms with Gasteiger partial charge in [-0.2, -0.15) is 0 Å². The number of amides is 1. The molecule has 1 heterocycles. The molecule has 2 rings (SSSR count). The van der Waals surface area contributed by atoms with Crippen LogP contribution in [0.4, 0.5) is 0 Å². The highest BCUT2D eigenvalue weighted by Gasteiger charge is 2.25. The third-order valence-corrected chi connectivity index (χ3v) is 4.25. The van der Waals surface area contributed by atoms with Crippen LogP contribution in [0.5, 0.6) is 5.75 Å². The van der Waals surface area contributed by atoms with Crippen LogP contribution in [0, 0.1) is 0 Å². The van der Waals surface area contributed by atoms with Crippen molar-refractivity contribution in [1.82, 2.24) is 10.2 Å².